The first-order valence-electron chi connectivity index (χ1n) is 8.41. The van der Waals surface area contributed by atoms with Crippen LogP contribution in [-0.4, -0.2) is 41.1 Å². The normalized spacial score (nSPS) is 21.5. The van der Waals surface area contributed by atoms with Crippen LogP contribution in [0.2, 0.25) is 0 Å². The Morgan fingerprint density at radius 1 is 1.38 bits per heavy atom. The molecule has 1 atom stereocenters. The Morgan fingerprint density at radius 2 is 2.19 bits per heavy atom. The number of fused-ring (bicyclic) bond motifs is 2. The second-order valence-corrected chi connectivity index (χ2v) is 7.05. The van der Waals surface area contributed by atoms with Crippen LogP contribution in [0.5, 0.6) is 11.5 Å². The van der Waals surface area contributed by atoms with Gasteiger partial charge in [-0.3, -0.25) is 9.69 Å². The molecule has 0 aromatic heterocycles. The lowest BCUT2D eigenvalue weighted by Gasteiger charge is -2.38. The lowest BCUT2D eigenvalue weighted by atomic mass is 9.94. The molecule has 0 radical (unpaired) electrons. The Kier molecular flexibility index (Phi) is 4.36. The molecule has 3 aliphatic heterocycles. The van der Waals surface area contributed by atoms with Crippen LogP contribution in [0, 0.1) is 0 Å². The van der Waals surface area contributed by atoms with Gasteiger partial charge in [0.25, 0.3) is 0 Å². The molecule has 3 aliphatic rings. The van der Waals surface area contributed by atoms with Crippen molar-refractivity contribution in [3.05, 3.63) is 35.0 Å². The van der Waals surface area contributed by atoms with E-state index in [1.165, 1.54) is 11.8 Å². The van der Waals surface area contributed by atoms with Crippen LogP contribution in [0.25, 0.3) is 0 Å². The summed E-state index contributed by atoms with van der Waals surface area (Å²) in [5.74, 6) is 1.42. The zero-order chi connectivity index (χ0) is 18.3. The van der Waals surface area contributed by atoms with Crippen molar-refractivity contribution in [1.82, 2.24) is 4.90 Å². The molecule has 3 heterocycles. The minimum Gasteiger partial charge on any atom is -0.463 e. The summed E-state index contributed by atoms with van der Waals surface area (Å²) in [7, 11) is 0. The molecule has 4 rings (SSSR count). The molecule has 7 nitrogen and oxygen atoms in total. The lowest BCUT2D eigenvalue weighted by Crippen LogP contribution is -2.45. The summed E-state index contributed by atoms with van der Waals surface area (Å²) in [6.07, 6.45) is 0.403. The van der Waals surface area contributed by atoms with Crippen molar-refractivity contribution in [3.8, 4) is 11.5 Å². The number of hydrogen-bond donors (Lipinski definition) is 0. The third kappa shape index (κ3) is 2.74. The minimum absolute atomic E-state index is 0.0561. The molecule has 1 fully saturated rings. The fraction of sp³-hybridized carbons (Fsp3) is 0.389. The highest BCUT2D eigenvalue weighted by atomic mass is 32.2. The van der Waals surface area contributed by atoms with Gasteiger partial charge in [-0.05, 0) is 31.5 Å². The van der Waals surface area contributed by atoms with Gasteiger partial charge in [0.15, 0.2) is 16.7 Å². The molecule has 26 heavy (non-hydrogen) atoms. The van der Waals surface area contributed by atoms with Crippen molar-refractivity contribution >= 4 is 28.8 Å². The Labute approximate surface area is 155 Å². The number of amidine groups is 1. The molecule has 0 spiro atoms. The number of amides is 1. The minimum atomic E-state index is -0.587. The van der Waals surface area contributed by atoms with Gasteiger partial charge >= 0.3 is 5.97 Å². The van der Waals surface area contributed by atoms with Crippen LogP contribution < -0.4 is 9.47 Å². The van der Waals surface area contributed by atoms with Crippen LogP contribution in [-0.2, 0) is 14.3 Å². The summed E-state index contributed by atoms with van der Waals surface area (Å²) in [6, 6.07) is 4.87. The standard InChI is InChI=1S/C18H18N2O5S/c1-3-23-17(22)15-10(2)19-18-20(14(21)6-7-26-18)16(15)11-4-5-12-13(8-11)25-9-24-12/h4-5,8,16H,3,6-7,9H2,1-2H3. The van der Waals surface area contributed by atoms with Crippen molar-refractivity contribution in [2.45, 2.75) is 26.3 Å². The van der Waals surface area contributed by atoms with Gasteiger partial charge in [0, 0.05) is 12.2 Å². The molecule has 1 amide bonds. The van der Waals surface area contributed by atoms with Gasteiger partial charge in [-0.25, -0.2) is 9.79 Å². The largest absolute Gasteiger partial charge is 0.463 e. The van der Waals surface area contributed by atoms with Gasteiger partial charge in [-0.15, -0.1) is 0 Å². The fourth-order valence-electron chi connectivity index (χ4n) is 3.26. The van der Waals surface area contributed by atoms with Crippen molar-refractivity contribution in [2.24, 2.45) is 4.99 Å². The Bertz CT molecular complexity index is 848. The van der Waals surface area contributed by atoms with Crippen LogP contribution in [0.15, 0.2) is 34.5 Å². The summed E-state index contributed by atoms with van der Waals surface area (Å²) in [4.78, 5) is 31.4. The number of aliphatic imine (C=N–C) groups is 1. The Hall–Kier alpha value is -2.48. The number of carbonyl (C=O) groups excluding carboxylic acids is 2. The summed E-state index contributed by atoms with van der Waals surface area (Å²) >= 11 is 1.52. The molecule has 0 bridgehead atoms. The average molecular weight is 374 g/mol. The molecule has 0 saturated carbocycles. The van der Waals surface area contributed by atoms with Crippen LogP contribution >= 0.6 is 11.8 Å². The molecule has 136 valence electrons. The van der Waals surface area contributed by atoms with Gasteiger partial charge in [0.05, 0.1) is 23.9 Å². The highest BCUT2D eigenvalue weighted by Gasteiger charge is 2.42. The highest BCUT2D eigenvalue weighted by molar-refractivity contribution is 8.14. The number of carbonyl (C=O) groups is 2. The first-order valence-corrected chi connectivity index (χ1v) is 9.39. The maximum atomic E-state index is 12.7. The third-order valence-corrected chi connectivity index (χ3v) is 5.37. The predicted molar refractivity (Wildman–Crippen MR) is 96.0 cm³/mol. The maximum absolute atomic E-state index is 12.7. The van der Waals surface area contributed by atoms with Crippen LogP contribution in [0.3, 0.4) is 0 Å². The zero-order valence-corrected chi connectivity index (χ0v) is 15.3. The first kappa shape index (κ1) is 17.0. The van der Waals surface area contributed by atoms with E-state index < -0.39 is 12.0 Å². The number of esters is 1. The van der Waals surface area contributed by atoms with Gasteiger partial charge in [0.1, 0.15) is 0 Å². The number of nitrogens with zero attached hydrogens (tertiary/aromatic N) is 2. The van der Waals surface area contributed by atoms with Gasteiger partial charge in [-0.1, -0.05) is 17.8 Å². The van der Waals surface area contributed by atoms with E-state index in [4.69, 9.17) is 14.2 Å². The highest BCUT2D eigenvalue weighted by Crippen LogP contribution is 2.43. The number of ether oxygens (including phenoxy) is 3. The summed E-state index contributed by atoms with van der Waals surface area (Å²) in [5.41, 5.74) is 1.71. The van der Waals surface area contributed by atoms with Crippen molar-refractivity contribution in [3.63, 3.8) is 0 Å². The fourth-order valence-corrected chi connectivity index (χ4v) is 4.27. The number of rotatable bonds is 3. The average Bonchev–Trinajstić information content (AvgIpc) is 3.08. The molecule has 0 N–H and O–H groups in total. The SMILES string of the molecule is CCOC(=O)C1=C(C)N=C2SCCC(=O)N2C1c1ccc2c(c1)OCO2. The van der Waals surface area contributed by atoms with E-state index in [0.717, 1.165) is 5.56 Å². The van der Waals surface area contributed by atoms with Gasteiger partial charge in [0.2, 0.25) is 12.7 Å². The molecule has 0 aliphatic carbocycles. The number of thioether (sulfide) groups is 1. The molecular weight excluding hydrogens is 356 g/mol. The van der Waals surface area contributed by atoms with E-state index in [0.29, 0.717) is 40.1 Å². The second-order valence-electron chi connectivity index (χ2n) is 5.99. The first-order chi connectivity index (χ1) is 12.6. The number of hydrogen-bond acceptors (Lipinski definition) is 7. The van der Waals surface area contributed by atoms with Crippen LogP contribution in [0.1, 0.15) is 31.9 Å². The number of allylic oxidation sites excluding steroid dienone is 1. The van der Waals surface area contributed by atoms with Crippen molar-refractivity contribution in [1.29, 1.82) is 0 Å². The maximum Gasteiger partial charge on any atom is 0.338 e. The lowest BCUT2D eigenvalue weighted by molar-refractivity contribution is -0.139. The van der Waals surface area contributed by atoms with Gasteiger partial charge < -0.3 is 14.2 Å². The molecule has 1 aromatic carbocycles. The molecule has 8 heteroatoms. The summed E-state index contributed by atoms with van der Waals surface area (Å²) in [6.45, 7) is 3.94. The smallest absolute Gasteiger partial charge is 0.338 e. The molecule has 1 aromatic rings. The molecule has 1 unspecified atom stereocenters. The molecule has 1 saturated heterocycles. The summed E-state index contributed by atoms with van der Waals surface area (Å²) in [5, 5.41) is 0.620. The summed E-state index contributed by atoms with van der Waals surface area (Å²) < 4.78 is 16.1. The Balaban J connectivity index is 1.85. The molecular formula is C18H18N2O5S. The topological polar surface area (TPSA) is 77.4 Å². The van der Waals surface area contributed by atoms with E-state index in [9.17, 15) is 9.59 Å². The monoisotopic (exact) mass is 374 g/mol. The zero-order valence-electron chi connectivity index (χ0n) is 14.5. The van der Waals surface area contributed by atoms with Crippen LogP contribution in [0.4, 0.5) is 0 Å². The third-order valence-electron chi connectivity index (χ3n) is 4.41. The van der Waals surface area contributed by atoms with Crippen molar-refractivity contribution < 1.29 is 23.8 Å². The van der Waals surface area contributed by atoms with E-state index >= 15 is 0 Å². The second kappa shape index (κ2) is 6.68. The predicted octanol–water partition coefficient (Wildman–Crippen LogP) is 2.63. The Morgan fingerprint density at radius 3 is 3.00 bits per heavy atom. The quantitative estimate of drug-likeness (QED) is 0.757. The van der Waals surface area contributed by atoms with Crippen molar-refractivity contribution in [2.75, 3.05) is 19.2 Å². The van der Waals surface area contributed by atoms with E-state index in [2.05, 4.69) is 4.99 Å². The van der Waals surface area contributed by atoms with E-state index in [1.54, 1.807) is 24.8 Å². The van der Waals surface area contributed by atoms with Gasteiger partial charge in [-0.2, -0.15) is 0 Å². The number of benzene rings is 1. The van der Waals surface area contributed by atoms with E-state index in [1.807, 2.05) is 12.1 Å². The van der Waals surface area contributed by atoms with E-state index in [-0.39, 0.29) is 19.3 Å².